The summed E-state index contributed by atoms with van der Waals surface area (Å²) < 4.78 is 0. The maximum Gasteiger partial charge on any atom is 0.352 e. The quantitative estimate of drug-likeness (QED) is 0.654. The molecule has 0 aliphatic heterocycles. The van der Waals surface area contributed by atoms with Crippen LogP contribution in [0.5, 0.6) is 0 Å². The zero-order valence-corrected chi connectivity index (χ0v) is 7.79. The molecule has 4 heteroatoms. The maximum absolute atomic E-state index is 10.7. The maximum atomic E-state index is 10.7. The Morgan fingerprint density at radius 2 is 2.38 bits per heavy atom. The Kier molecular flexibility index (Phi) is 2.72. The van der Waals surface area contributed by atoms with Crippen molar-refractivity contribution in [1.29, 1.82) is 0 Å². The van der Waals surface area contributed by atoms with Gasteiger partial charge in [-0.15, -0.1) is 0 Å². The summed E-state index contributed by atoms with van der Waals surface area (Å²) in [5.74, 6) is -0.750. The normalized spacial score (nSPS) is 12.8. The number of hydrogen-bond donors (Lipinski definition) is 3. The molecule has 1 rings (SSSR count). The van der Waals surface area contributed by atoms with Crippen molar-refractivity contribution in [3.05, 3.63) is 23.0 Å². The first-order valence-corrected chi connectivity index (χ1v) is 4.19. The molecule has 0 spiro atoms. The summed E-state index contributed by atoms with van der Waals surface area (Å²) >= 11 is 0. The first-order chi connectivity index (χ1) is 6.06. The minimum absolute atomic E-state index is 0.173. The molecule has 0 amide bonds. The SMILES string of the molecule is Cc1cc(C(C)CN)[nH]c1C(=O)O. The molecule has 0 aliphatic rings. The van der Waals surface area contributed by atoms with Crippen LogP contribution in [0.3, 0.4) is 0 Å². The Hall–Kier alpha value is -1.29. The van der Waals surface area contributed by atoms with Crippen molar-refractivity contribution in [1.82, 2.24) is 4.98 Å². The van der Waals surface area contributed by atoms with E-state index in [1.54, 1.807) is 6.92 Å². The molecule has 0 radical (unpaired) electrons. The minimum atomic E-state index is -0.923. The predicted octanol–water partition coefficient (Wildman–Crippen LogP) is 1.08. The molecule has 1 atom stereocenters. The summed E-state index contributed by atoms with van der Waals surface area (Å²) in [5, 5.41) is 8.77. The molecule has 0 saturated heterocycles. The van der Waals surface area contributed by atoms with Crippen LogP contribution in [0.4, 0.5) is 0 Å². The van der Waals surface area contributed by atoms with E-state index in [0.29, 0.717) is 6.54 Å². The highest BCUT2D eigenvalue weighted by Gasteiger charge is 2.13. The third kappa shape index (κ3) is 1.89. The lowest BCUT2D eigenvalue weighted by Gasteiger charge is -2.03. The van der Waals surface area contributed by atoms with E-state index in [4.69, 9.17) is 10.8 Å². The molecule has 0 saturated carbocycles. The first kappa shape index (κ1) is 9.80. The van der Waals surface area contributed by atoms with Crippen LogP contribution in [0.15, 0.2) is 6.07 Å². The number of nitrogens with one attached hydrogen (secondary N) is 1. The Labute approximate surface area is 76.8 Å². The summed E-state index contributed by atoms with van der Waals surface area (Å²) in [6, 6.07) is 1.83. The average molecular weight is 182 g/mol. The number of aryl methyl sites for hydroxylation is 1. The summed E-state index contributed by atoms with van der Waals surface area (Å²) in [6.45, 7) is 4.24. The largest absolute Gasteiger partial charge is 0.477 e. The van der Waals surface area contributed by atoms with E-state index in [2.05, 4.69) is 4.98 Å². The Balaban J connectivity index is 3.01. The van der Waals surface area contributed by atoms with Gasteiger partial charge in [0.1, 0.15) is 5.69 Å². The molecule has 13 heavy (non-hydrogen) atoms. The van der Waals surface area contributed by atoms with E-state index in [9.17, 15) is 4.79 Å². The van der Waals surface area contributed by atoms with Crippen LogP contribution in [0.1, 0.15) is 34.6 Å². The van der Waals surface area contributed by atoms with Gasteiger partial charge < -0.3 is 15.8 Å². The highest BCUT2D eigenvalue weighted by Crippen LogP contribution is 2.17. The summed E-state index contributed by atoms with van der Waals surface area (Å²) in [7, 11) is 0. The van der Waals surface area contributed by atoms with E-state index in [0.717, 1.165) is 11.3 Å². The summed E-state index contributed by atoms with van der Waals surface area (Å²) in [6.07, 6.45) is 0. The Bertz CT molecular complexity index is 317. The van der Waals surface area contributed by atoms with Crippen LogP contribution in [0.2, 0.25) is 0 Å². The molecule has 0 fully saturated rings. The molecule has 0 aromatic carbocycles. The zero-order chi connectivity index (χ0) is 10.0. The van der Waals surface area contributed by atoms with Gasteiger partial charge in [-0.05, 0) is 18.6 Å². The van der Waals surface area contributed by atoms with Gasteiger partial charge in [0.15, 0.2) is 0 Å². The molecule has 1 heterocycles. The predicted molar refractivity (Wildman–Crippen MR) is 50.0 cm³/mol. The monoisotopic (exact) mass is 182 g/mol. The zero-order valence-electron chi connectivity index (χ0n) is 7.79. The molecule has 1 unspecified atom stereocenters. The van der Waals surface area contributed by atoms with Crippen molar-refractivity contribution in [3.63, 3.8) is 0 Å². The Morgan fingerprint density at radius 1 is 1.77 bits per heavy atom. The van der Waals surface area contributed by atoms with Gasteiger partial charge in [-0.1, -0.05) is 6.92 Å². The third-order valence-electron chi connectivity index (χ3n) is 2.13. The van der Waals surface area contributed by atoms with Gasteiger partial charge in [-0.2, -0.15) is 0 Å². The number of carboxylic acid groups (broad SMARTS) is 1. The number of aromatic amines is 1. The van der Waals surface area contributed by atoms with Gasteiger partial charge in [0.25, 0.3) is 0 Å². The van der Waals surface area contributed by atoms with Crippen LogP contribution >= 0.6 is 0 Å². The number of nitrogens with two attached hydrogens (primary N) is 1. The number of H-pyrrole nitrogens is 1. The number of carboxylic acids is 1. The number of rotatable bonds is 3. The number of aromatic nitrogens is 1. The van der Waals surface area contributed by atoms with Crippen LogP contribution < -0.4 is 5.73 Å². The second kappa shape index (κ2) is 3.62. The smallest absolute Gasteiger partial charge is 0.352 e. The highest BCUT2D eigenvalue weighted by atomic mass is 16.4. The molecule has 1 aromatic rings. The van der Waals surface area contributed by atoms with Crippen LogP contribution in [0, 0.1) is 6.92 Å². The van der Waals surface area contributed by atoms with Gasteiger partial charge in [0.2, 0.25) is 0 Å². The average Bonchev–Trinajstić information content (AvgIpc) is 2.46. The molecule has 0 bridgehead atoms. The topological polar surface area (TPSA) is 79.1 Å². The van der Waals surface area contributed by atoms with E-state index in [-0.39, 0.29) is 11.6 Å². The molecule has 4 N–H and O–H groups in total. The van der Waals surface area contributed by atoms with Crippen LogP contribution in [0.25, 0.3) is 0 Å². The standard InChI is InChI=1S/C9H14N2O2/c1-5-3-7(6(2)4-10)11-8(5)9(12)13/h3,6,11H,4,10H2,1-2H3,(H,12,13). The minimum Gasteiger partial charge on any atom is -0.477 e. The van der Waals surface area contributed by atoms with Crippen molar-refractivity contribution < 1.29 is 9.90 Å². The lowest BCUT2D eigenvalue weighted by atomic mass is 10.1. The number of aromatic carboxylic acids is 1. The summed E-state index contributed by atoms with van der Waals surface area (Å²) in [5.41, 5.74) is 7.37. The third-order valence-corrected chi connectivity index (χ3v) is 2.13. The lowest BCUT2D eigenvalue weighted by Crippen LogP contribution is -2.09. The fourth-order valence-electron chi connectivity index (χ4n) is 1.20. The second-order valence-electron chi connectivity index (χ2n) is 3.22. The molecular formula is C9H14N2O2. The second-order valence-corrected chi connectivity index (χ2v) is 3.22. The summed E-state index contributed by atoms with van der Waals surface area (Å²) in [4.78, 5) is 13.5. The first-order valence-electron chi connectivity index (χ1n) is 4.19. The van der Waals surface area contributed by atoms with Gasteiger partial charge in [-0.3, -0.25) is 0 Å². The van der Waals surface area contributed by atoms with E-state index >= 15 is 0 Å². The lowest BCUT2D eigenvalue weighted by molar-refractivity contribution is 0.0690. The van der Waals surface area contributed by atoms with Gasteiger partial charge in [-0.25, -0.2) is 4.79 Å². The molecular weight excluding hydrogens is 168 g/mol. The fourth-order valence-corrected chi connectivity index (χ4v) is 1.20. The van der Waals surface area contributed by atoms with Gasteiger partial charge in [0.05, 0.1) is 0 Å². The number of hydrogen-bond acceptors (Lipinski definition) is 2. The van der Waals surface area contributed by atoms with Gasteiger partial charge in [0, 0.05) is 18.2 Å². The van der Waals surface area contributed by atoms with E-state index < -0.39 is 5.97 Å². The van der Waals surface area contributed by atoms with Crippen molar-refractivity contribution in [3.8, 4) is 0 Å². The number of carbonyl (C=O) groups is 1. The van der Waals surface area contributed by atoms with Crippen molar-refractivity contribution in [2.24, 2.45) is 5.73 Å². The van der Waals surface area contributed by atoms with Crippen molar-refractivity contribution >= 4 is 5.97 Å². The fraction of sp³-hybridized carbons (Fsp3) is 0.444. The highest BCUT2D eigenvalue weighted by molar-refractivity contribution is 5.87. The molecule has 0 aliphatic carbocycles. The van der Waals surface area contributed by atoms with E-state index in [1.807, 2.05) is 13.0 Å². The molecule has 72 valence electrons. The molecule has 1 aromatic heterocycles. The van der Waals surface area contributed by atoms with Crippen LogP contribution in [-0.2, 0) is 0 Å². The van der Waals surface area contributed by atoms with Crippen LogP contribution in [-0.4, -0.2) is 22.6 Å². The molecule has 4 nitrogen and oxygen atoms in total. The van der Waals surface area contributed by atoms with Gasteiger partial charge >= 0.3 is 5.97 Å². The van der Waals surface area contributed by atoms with E-state index in [1.165, 1.54) is 0 Å². The van der Waals surface area contributed by atoms with Crippen molar-refractivity contribution in [2.45, 2.75) is 19.8 Å². The Morgan fingerprint density at radius 3 is 2.77 bits per heavy atom. The van der Waals surface area contributed by atoms with Crippen molar-refractivity contribution in [2.75, 3.05) is 6.54 Å².